The van der Waals surface area contributed by atoms with E-state index in [1.807, 2.05) is 19.1 Å². The van der Waals surface area contributed by atoms with Crippen LogP contribution in [0.3, 0.4) is 0 Å². The van der Waals surface area contributed by atoms with Crippen LogP contribution in [0, 0.1) is 11.6 Å². The van der Waals surface area contributed by atoms with E-state index in [1.165, 1.54) is 18.5 Å². The van der Waals surface area contributed by atoms with Gasteiger partial charge in [-0.1, -0.05) is 6.07 Å². The fraction of sp³-hybridized carbons (Fsp3) is 0.333. The summed E-state index contributed by atoms with van der Waals surface area (Å²) in [7, 11) is -4.44. The molecule has 0 saturated carbocycles. The van der Waals surface area contributed by atoms with Gasteiger partial charge in [-0.15, -0.1) is 0 Å². The lowest BCUT2D eigenvalue weighted by molar-refractivity contribution is -0.115. The first kappa shape index (κ1) is 31.9. The number of unbranched alkanes of at least 4 members (excludes halogenated alkanes) is 1. The molecule has 0 bridgehead atoms. The number of anilines is 3. The lowest BCUT2D eigenvalue weighted by atomic mass is 10.1. The van der Waals surface area contributed by atoms with Gasteiger partial charge in [-0.2, -0.15) is 5.10 Å². The molecular weight excluding hydrogens is 587 g/mol. The number of nitrogens with zero attached hydrogens (tertiary/aromatic N) is 3. The Morgan fingerprint density at radius 3 is 2.77 bits per heavy atom. The van der Waals surface area contributed by atoms with Crippen molar-refractivity contribution in [2.24, 2.45) is 0 Å². The molecule has 16 heteroatoms. The van der Waals surface area contributed by atoms with Crippen molar-refractivity contribution >= 4 is 42.0 Å². The molecule has 6 N–H and O–H groups in total. The van der Waals surface area contributed by atoms with Crippen molar-refractivity contribution in [3.05, 3.63) is 66.1 Å². The van der Waals surface area contributed by atoms with Crippen molar-refractivity contribution in [1.82, 2.24) is 25.5 Å². The molecule has 2 aromatic carbocycles. The summed E-state index contributed by atoms with van der Waals surface area (Å²) in [5.41, 5.74) is 0.856. The van der Waals surface area contributed by atoms with Crippen molar-refractivity contribution in [2.75, 3.05) is 30.4 Å². The van der Waals surface area contributed by atoms with Crippen molar-refractivity contribution in [3.8, 4) is 5.75 Å². The van der Waals surface area contributed by atoms with E-state index in [0.717, 1.165) is 30.7 Å². The zero-order chi connectivity index (χ0) is 30.8. The lowest BCUT2D eigenvalue weighted by Gasteiger charge is -2.14. The molecule has 43 heavy (non-hydrogen) atoms. The third-order valence-electron chi connectivity index (χ3n) is 6.22. The van der Waals surface area contributed by atoms with Gasteiger partial charge in [-0.3, -0.25) is 14.4 Å². The largest absolute Gasteiger partial charge is 0.494 e. The van der Waals surface area contributed by atoms with Gasteiger partial charge in [-0.05, 0) is 50.5 Å². The summed E-state index contributed by atoms with van der Waals surface area (Å²) in [5, 5.41) is 16.2. The number of phosphoric acid groups is 1. The molecule has 1 unspecified atom stereocenters. The number of rotatable bonds is 16. The summed E-state index contributed by atoms with van der Waals surface area (Å²) >= 11 is 0. The van der Waals surface area contributed by atoms with E-state index >= 15 is 0 Å². The number of hydrogen-bond donors (Lipinski definition) is 6. The Kier molecular flexibility index (Phi) is 11.1. The number of carbonyl (C=O) groups is 1. The van der Waals surface area contributed by atoms with E-state index in [0.29, 0.717) is 41.7 Å². The fourth-order valence-corrected chi connectivity index (χ4v) is 4.48. The molecule has 4 rings (SSSR count). The minimum atomic E-state index is -4.44. The maximum absolute atomic E-state index is 13.8. The molecule has 1 amide bonds. The molecule has 230 valence electrons. The number of fused-ring (bicyclic) bond motifs is 1. The Labute approximate surface area is 245 Å². The fourth-order valence-electron chi connectivity index (χ4n) is 4.15. The van der Waals surface area contributed by atoms with Gasteiger partial charge in [0.15, 0.2) is 17.5 Å². The zero-order valence-electron chi connectivity index (χ0n) is 23.2. The number of hydrogen-bond acceptors (Lipinski definition) is 9. The average molecular weight is 620 g/mol. The lowest BCUT2D eigenvalue weighted by Crippen LogP contribution is -2.29. The SMILES string of the molecule is CC(CCCCOc1ccc2c(Nc3cc(CC(=O)Nc4cccc(F)c4F)[nH]n3)ncnc2c1)NCCOP(=O)(O)O. The molecule has 2 heterocycles. The van der Waals surface area contributed by atoms with E-state index < -0.39 is 25.4 Å². The van der Waals surface area contributed by atoms with Crippen LogP contribution in [0.25, 0.3) is 10.9 Å². The van der Waals surface area contributed by atoms with Gasteiger partial charge in [0.2, 0.25) is 5.91 Å². The van der Waals surface area contributed by atoms with Gasteiger partial charge in [-0.25, -0.2) is 23.3 Å². The molecule has 1 atom stereocenters. The maximum Gasteiger partial charge on any atom is 0.469 e. The number of ether oxygens (including phenoxy) is 1. The van der Waals surface area contributed by atoms with Gasteiger partial charge >= 0.3 is 7.82 Å². The van der Waals surface area contributed by atoms with Crippen LogP contribution in [0.5, 0.6) is 5.75 Å². The van der Waals surface area contributed by atoms with Gasteiger partial charge < -0.3 is 30.5 Å². The van der Waals surface area contributed by atoms with Crippen LogP contribution in [-0.4, -0.2) is 61.7 Å². The van der Waals surface area contributed by atoms with Crippen LogP contribution in [0.15, 0.2) is 48.8 Å². The number of nitrogens with one attached hydrogen (secondary N) is 4. The second-order valence-electron chi connectivity index (χ2n) is 9.65. The number of phosphoric ester groups is 1. The number of benzene rings is 2. The first-order valence-electron chi connectivity index (χ1n) is 13.4. The third-order valence-corrected chi connectivity index (χ3v) is 6.74. The van der Waals surface area contributed by atoms with Crippen molar-refractivity contribution < 1.29 is 37.2 Å². The highest BCUT2D eigenvalue weighted by molar-refractivity contribution is 7.46. The van der Waals surface area contributed by atoms with Gasteiger partial charge in [0.25, 0.3) is 0 Å². The molecule has 4 aromatic rings. The number of aromatic amines is 1. The van der Waals surface area contributed by atoms with E-state index in [1.54, 1.807) is 12.1 Å². The zero-order valence-corrected chi connectivity index (χ0v) is 24.1. The Balaban J connectivity index is 1.23. The Bertz CT molecular complexity index is 1580. The molecule has 0 aliphatic rings. The summed E-state index contributed by atoms with van der Waals surface area (Å²) in [5.74, 6) is -1.17. The molecular formula is C27H32F2N7O6P. The normalized spacial score (nSPS) is 12.3. The summed E-state index contributed by atoms with van der Waals surface area (Å²) in [4.78, 5) is 38.3. The highest BCUT2D eigenvalue weighted by Gasteiger charge is 2.14. The molecule has 2 aromatic heterocycles. The van der Waals surface area contributed by atoms with Crippen molar-refractivity contribution in [1.29, 1.82) is 0 Å². The monoisotopic (exact) mass is 619 g/mol. The molecule has 0 aliphatic carbocycles. The van der Waals surface area contributed by atoms with Crippen molar-refractivity contribution in [2.45, 2.75) is 38.6 Å². The van der Waals surface area contributed by atoms with E-state index in [2.05, 4.69) is 40.6 Å². The van der Waals surface area contributed by atoms with Crippen molar-refractivity contribution in [3.63, 3.8) is 0 Å². The van der Waals surface area contributed by atoms with E-state index in [-0.39, 0.29) is 24.8 Å². The highest BCUT2D eigenvalue weighted by atomic mass is 31.2. The van der Waals surface area contributed by atoms with Gasteiger partial charge in [0.1, 0.15) is 17.9 Å². The van der Waals surface area contributed by atoms with Crippen LogP contribution in [0.4, 0.5) is 26.1 Å². The van der Waals surface area contributed by atoms with Gasteiger partial charge in [0, 0.05) is 35.8 Å². The van der Waals surface area contributed by atoms with E-state index in [9.17, 15) is 18.1 Å². The van der Waals surface area contributed by atoms with Crippen LogP contribution in [-0.2, 0) is 20.3 Å². The van der Waals surface area contributed by atoms with Crippen LogP contribution < -0.4 is 20.7 Å². The summed E-state index contributed by atoms with van der Waals surface area (Å²) in [6.45, 7) is 2.78. The maximum atomic E-state index is 13.8. The summed E-state index contributed by atoms with van der Waals surface area (Å²) < 4.78 is 48.2. The topological polar surface area (TPSA) is 184 Å². The van der Waals surface area contributed by atoms with Crippen LogP contribution >= 0.6 is 7.82 Å². The molecule has 0 aliphatic heterocycles. The molecule has 0 fully saturated rings. The molecule has 0 saturated heterocycles. The minimum absolute atomic E-state index is 0.0650. The first-order chi connectivity index (χ1) is 20.6. The van der Waals surface area contributed by atoms with E-state index in [4.69, 9.17) is 14.5 Å². The quantitative estimate of drug-likeness (QED) is 0.0781. The second kappa shape index (κ2) is 14.9. The predicted molar refractivity (Wildman–Crippen MR) is 155 cm³/mol. The van der Waals surface area contributed by atoms with Crippen LogP contribution in [0.2, 0.25) is 0 Å². The molecule has 0 radical (unpaired) electrons. The minimum Gasteiger partial charge on any atom is -0.494 e. The average Bonchev–Trinajstić information content (AvgIpc) is 3.39. The first-order valence-corrected chi connectivity index (χ1v) is 15.0. The third kappa shape index (κ3) is 10.0. The summed E-state index contributed by atoms with van der Waals surface area (Å²) in [6.07, 6.45) is 3.84. The number of H-pyrrole nitrogens is 1. The molecule has 0 spiro atoms. The predicted octanol–water partition coefficient (Wildman–Crippen LogP) is 4.19. The molecule has 13 nitrogen and oxygen atoms in total. The van der Waals surface area contributed by atoms with Gasteiger partial charge in [0.05, 0.1) is 30.8 Å². The smallest absolute Gasteiger partial charge is 0.469 e. The number of amides is 1. The van der Waals surface area contributed by atoms with Crippen LogP contribution in [0.1, 0.15) is 31.9 Å². The summed E-state index contributed by atoms with van der Waals surface area (Å²) in [6, 6.07) is 10.8. The highest BCUT2D eigenvalue weighted by Crippen LogP contribution is 2.35. The second-order valence-corrected chi connectivity index (χ2v) is 10.9. The Morgan fingerprint density at radius 1 is 1.12 bits per heavy atom. The Hall–Kier alpha value is -4.01. The number of carbonyl (C=O) groups excluding carboxylic acids is 1. The number of halogens is 2. The Morgan fingerprint density at radius 2 is 1.95 bits per heavy atom. The standard InChI is InChI=1S/C27H32F2N7O6P/c1-17(30-10-12-42-43(38,39)40)5-2-3-11-41-19-8-9-20-23(15-19)31-16-32-27(20)34-24-13-18(35-36-24)14-25(37)33-22-7-4-6-21(28)26(22)29/h4,6-9,13,15-17,30H,2-3,5,10-12,14H2,1H3,(H,33,37)(H2,38,39,40)(H2,31,32,34,35,36). The number of aromatic nitrogens is 4.